The molecule has 0 aliphatic carbocycles. The Kier molecular flexibility index (Phi) is 5.64. The zero-order valence-corrected chi connectivity index (χ0v) is 12.5. The lowest BCUT2D eigenvalue weighted by atomic mass is 10.0. The second-order valence-corrected chi connectivity index (χ2v) is 4.58. The first-order chi connectivity index (χ1) is 9.46. The van der Waals surface area contributed by atoms with E-state index in [0.717, 1.165) is 0 Å². The van der Waals surface area contributed by atoms with Crippen LogP contribution < -0.4 is 25.3 Å². The Labute approximate surface area is 119 Å². The van der Waals surface area contributed by atoms with Gasteiger partial charge in [0.2, 0.25) is 11.7 Å². The molecule has 1 aromatic rings. The van der Waals surface area contributed by atoms with Gasteiger partial charge in [0.1, 0.15) is 6.04 Å². The van der Waals surface area contributed by atoms with Gasteiger partial charge >= 0.3 is 0 Å². The van der Waals surface area contributed by atoms with Gasteiger partial charge in [-0.05, 0) is 26.0 Å². The highest BCUT2D eigenvalue weighted by Crippen LogP contribution is 2.42. The molecule has 1 amide bonds. The molecule has 6 heteroatoms. The van der Waals surface area contributed by atoms with Crippen LogP contribution in [0.15, 0.2) is 12.1 Å². The molecule has 0 spiro atoms. The smallest absolute Gasteiger partial charge is 0.239 e. The van der Waals surface area contributed by atoms with Gasteiger partial charge in [0.25, 0.3) is 0 Å². The van der Waals surface area contributed by atoms with E-state index < -0.39 is 11.9 Å². The van der Waals surface area contributed by atoms with Gasteiger partial charge in [-0.2, -0.15) is 0 Å². The summed E-state index contributed by atoms with van der Waals surface area (Å²) in [7, 11) is 4.56. The molecule has 20 heavy (non-hydrogen) atoms. The molecule has 0 heterocycles. The fraction of sp³-hybridized carbons (Fsp3) is 0.500. The maximum atomic E-state index is 11.7. The molecular weight excluding hydrogens is 260 g/mol. The average molecular weight is 282 g/mol. The molecule has 3 N–H and O–H groups in total. The second-order valence-electron chi connectivity index (χ2n) is 4.58. The largest absolute Gasteiger partial charge is 0.493 e. The summed E-state index contributed by atoms with van der Waals surface area (Å²) in [4.78, 5) is 11.7. The Bertz CT molecular complexity index is 474. The first-order valence-corrected chi connectivity index (χ1v) is 6.30. The minimum absolute atomic E-state index is 0.0882. The molecular formula is C14H22N2O4. The summed E-state index contributed by atoms with van der Waals surface area (Å²) in [5.74, 6) is 0.915. The van der Waals surface area contributed by atoms with Crippen molar-refractivity contribution in [1.82, 2.24) is 5.32 Å². The third-order valence-electron chi connectivity index (χ3n) is 2.83. The number of benzene rings is 1. The fourth-order valence-corrected chi connectivity index (χ4v) is 2.01. The highest BCUT2D eigenvalue weighted by atomic mass is 16.5. The van der Waals surface area contributed by atoms with Crippen molar-refractivity contribution < 1.29 is 19.0 Å². The molecule has 0 bridgehead atoms. The number of nitrogens with one attached hydrogen (secondary N) is 1. The van der Waals surface area contributed by atoms with Crippen molar-refractivity contribution in [2.45, 2.75) is 25.9 Å². The highest BCUT2D eigenvalue weighted by Gasteiger charge is 2.26. The third-order valence-corrected chi connectivity index (χ3v) is 2.83. The lowest BCUT2D eigenvalue weighted by Crippen LogP contribution is -2.37. The third kappa shape index (κ3) is 3.33. The summed E-state index contributed by atoms with van der Waals surface area (Å²) in [5.41, 5.74) is 6.09. The predicted molar refractivity (Wildman–Crippen MR) is 76.3 cm³/mol. The van der Waals surface area contributed by atoms with E-state index in [9.17, 15) is 4.79 Å². The number of methoxy groups -OCH3 is 3. The topological polar surface area (TPSA) is 82.8 Å². The van der Waals surface area contributed by atoms with Crippen LogP contribution in [0.4, 0.5) is 0 Å². The van der Waals surface area contributed by atoms with Crippen molar-refractivity contribution in [2.24, 2.45) is 5.73 Å². The molecule has 1 unspecified atom stereocenters. The van der Waals surface area contributed by atoms with Crippen molar-refractivity contribution in [3.05, 3.63) is 17.7 Å². The van der Waals surface area contributed by atoms with Gasteiger partial charge in [-0.25, -0.2) is 0 Å². The Morgan fingerprint density at radius 2 is 1.70 bits per heavy atom. The van der Waals surface area contributed by atoms with E-state index in [0.29, 0.717) is 22.8 Å². The molecule has 0 aliphatic heterocycles. The average Bonchev–Trinajstić information content (AvgIpc) is 2.42. The van der Waals surface area contributed by atoms with Crippen LogP contribution in [-0.2, 0) is 4.79 Å². The van der Waals surface area contributed by atoms with E-state index >= 15 is 0 Å². The SMILES string of the molecule is COc1ccc(C(NC(C)C)C(N)=O)c(OC)c1OC. The van der Waals surface area contributed by atoms with E-state index in [1.807, 2.05) is 13.8 Å². The molecule has 1 rings (SSSR count). The van der Waals surface area contributed by atoms with Gasteiger partial charge < -0.3 is 19.9 Å². The number of hydrogen-bond donors (Lipinski definition) is 2. The van der Waals surface area contributed by atoms with Crippen LogP contribution in [0.5, 0.6) is 17.2 Å². The van der Waals surface area contributed by atoms with Crippen molar-refractivity contribution in [1.29, 1.82) is 0 Å². The summed E-state index contributed by atoms with van der Waals surface area (Å²) >= 11 is 0. The minimum atomic E-state index is -0.662. The number of carbonyl (C=O) groups excluding carboxylic acids is 1. The zero-order chi connectivity index (χ0) is 15.3. The van der Waals surface area contributed by atoms with Crippen LogP contribution in [0.3, 0.4) is 0 Å². The monoisotopic (exact) mass is 282 g/mol. The summed E-state index contributed by atoms with van der Waals surface area (Å²) in [6.45, 7) is 3.87. The van der Waals surface area contributed by atoms with Gasteiger partial charge in [0, 0.05) is 11.6 Å². The van der Waals surface area contributed by atoms with Crippen molar-refractivity contribution in [3.63, 3.8) is 0 Å². The van der Waals surface area contributed by atoms with Crippen LogP contribution >= 0.6 is 0 Å². The summed E-state index contributed by atoms with van der Waals surface area (Å²) in [6, 6.07) is 2.88. The van der Waals surface area contributed by atoms with E-state index in [4.69, 9.17) is 19.9 Å². The summed E-state index contributed by atoms with van der Waals surface area (Å²) < 4.78 is 15.9. The quantitative estimate of drug-likeness (QED) is 0.786. The molecule has 112 valence electrons. The van der Waals surface area contributed by atoms with Crippen LogP contribution in [0, 0.1) is 0 Å². The number of nitrogens with two attached hydrogens (primary N) is 1. The normalized spacial score (nSPS) is 12.1. The number of ether oxygens (including phenoxy) is 3. The molecule has 1 aromatic carbocycles. The first kappa shape index (κ1) is 16.1. The van der Waals surface area contributed by atoms with Gasteiger partial charge in [0.05, 0.1) is 21.3 Å². The zero-order valence-electron chi connectivity index (χ0n) is 12.5. The second kappa shape index (κ2) is 7.00. The number of amides is 1. The molecule has 0 saturated carbocycles. The number of rotatable bonds is 7. The Hall–Kier alpha value is -1.95. The number of carbonyl (C=O) groups is 1. The molecule has 0 aliphatic rings. The van der Waals surface area contributed by atoms with Crippen LogP contribution in [-0.4, -0.2) is 33.3 Å². The maximum absolute atomic E-state index is 11.7. The summed E-state index contributed by atoms with van der Waals surface area (Å²) in [5, 5.41) is 3.11. The van der Waals surface area contributed by atoms with Crippen molar-refractivity contribution in [2.75, 3.05) is 21.3 Å². The molecule has 0 radical (unpaired) electrons. The highest BCUT2D eigenvalue weighted by molar-refractivity contribution is 5.83. The van der Waals surface area contributed by atoms with Crippen LogP contribution in [0.25, 0.3) is 0 Å². The van der Waals surface area contributed by atoms with Gasteiger partial charge in [0.15, 0.2) is 11.5 Å². The Balaban J connectivity index is 3.38. The van der Waals surface area contributed by atoms with Gasteiger partial charge in [-0.15, -0.1) is 0 Å². The number of primary amides is 1. The van der Waals surface area contributed by atoms with Crippen molar-refractivity contribution in [3.8, 4) is 17.2 Å². The van der Waals surface area contributed by atoms with E-state index in [-0.39, 0.29) is 6.04 Å². The minimum Gasteiger partial charge on any atom is -0.493 e. The molecule has 6 nitrogen and oxygen atoms in total. The lowest BCUT2D eigenvalue weighted by molar-refractivity contribution is -0.120. The van der Waals surface area contributed by atoms with Gasteiger partial charge in [-0.3, -0.25) is 10.1 Å². The Morgan fingerprint density at radius 1 is 1.10 bits per heavy atom. The standard InChI is InChI=1S/C14H22N2O4/c1-8(2)16-11(14(15)17)9-6-7-10(18-3)13(20-5)12(9)19-4/h6-8,11,16H,1-5H3,(H2,15,17). The molecule has 1 atom stereocenters. The maximum Gasteiger partial charge on any atom is 0.239 e. The molecule has 0 aromatic heterocycles. The van der Waals surface area contributed by atoms with Crippen molar-refractivity contribution >= 4 is 5.91 Å². The van der Waals surface area contributed by atoms with E-state index in [1.54, 1.807) is 12.1 Å². The van der Waals surface area contributed by atoms with E-state index in [1.165, 1.54) is 21.3 Å². The molecule has 0 fully saturated rings. The molecule has 0 saturated heterocycles. The fourth-order valence-electron chi connectivity index (χ4n) is 2.01. The van der Waals surface area contributed by atoms with Crippen LogP contribution in [0.1, 0.15) is 25.5 Å². The number of hydrogen-bond acceptors (Lipinski definition) is 5. The van der Waals surface area contributed by atoms with E-state index in [2.05, 4.69) is 5.32 Å². The first-order valence-electron chi connectivity index (χ1n) is 6.30. The lowest BCUT2D eigenvalue weighted by Gasteiger charge is -2.22. The van der Waals surface area contributed by atoms with Gasteiger partial charge in [-0.1, -0.05) is 0 Å². The summed E-state index contributed by atoms with van der Waals surface area (Å²) in [6.07, 6.45) is 0. The van der Waals surface area contributed by atoms with Crippen LogP contribution in [0.2, 0.25) is 0 Å². The predicted octanol–water partition coefficient (Wildman–Crippen LogP) is 1.24. The Morgan fingerprint density at radius 3 is 2.10 bits per heavy atom.